The van der Waals surface area contributed by atoms with Crippen molar-refractivity contribution in [1.29, 1.82) is 0 Å². The Labute approximate surface area is 147 Å². The lowest BCUT2D eigenvalue weighted by atomic mass is 9.73. The molecule has 6 heteroatoms. The van der Waals surface area contributed by atoms with E-state index < -0.39 is 5.41 Å². The van der Waals surface area contributed by atoms with Crippen molar-refractivity contribution in [2.75, 3.05) is 40.5 Å². The molecule has 0 N–H and O–H groups in total. The minimum atomic E-state index is -0.637. The highest BCUT2D eigenvalue weighted by Crippen LogP contribution is 2.41. The molecule has 1 aliphatic rings. The lowest BCUT2D eigenvalue weighted by Gasteiger charge is -2.39. The van der Waals surface area contributed by atoms with E-state index in [-0.39, 0.29) is 5.91 Å². The van der Waals surface area contributed by atoms with Gasteiger partial charge in [-0.1, -0.05) is 29.3 Å². The molecule has 1 aliphatic heterocycles. The molecule has 1 fully saturated rings. The predicted octanol–water partition coefficient (Wildman–Crippen LogP) is 3.54. The van der Waals surface area contributed by atoms with Gasteiger partial charge >= 0.3 is 0 Å². The molecule has 1 amide bonds. The van der Waals surface area contributed by atoms with E-state index in [1.165, 1.54) is 0 Å². The summed E-state index contributed by atoms with van der Waals surface area (Å²) in [6.07, 6.45) is 2.06. The number of rotatable bonds is 6. The Morgan fingerprint density at radius 3 is 2.65 bits per heavy atom. The zero-order chi connectivity index (χ0) is 16.9. The van der Waals surface area contributed by atoms with E-state index in [0.717, 1.165) is 12.0 Å². The molecule has 1 saturated heterocycles. The van der Waals surface area contributed by atoms with Gasteiger partial charge in [0.2, 0.25) is 5.91 Å². The van der Waals surface area contributed by atoms with E-state index in [1.807, 2.05) is 13.1 Å². The van der Waals surface area contributed by atoms with Gasteiger partial charge in [-0.3, -0.25) is 4.79 Å². The van der Waals surface area contributed by atoms with E-state index in [2.05, 4.69) is 0 Å². The average Bonchev–Trinajstić information content (AvgIpc) is 2.55. The van der Waals surface area contributed by atoms with E-state index in [9.17, 15) is 4.79 Å². The van der Waals surface area contributed by atoms with Gasteiger partial charge in [0.1, 0.15) is 0 Å². The standard InChI is InChI=1S/C17H23Cl2NO3/c1-20(8-3-9-22-2)16(21)17(6-10-23-11-7-17)14-5-4-13(18)12-15(14)19/h4-5,12H,3,6-11H2,1-2H3. The maximum atomic E-state index is 13.2. The van der Waals surface area contributed by atoms with Crippen LogP contribution in [0.25, 0.3) is 0 Å². The van der Waals surface area contributed by atoms with Crippen LogP contribution in [0.4, 0.5) is 0 Å². The monoisotopic (exact) mass is 359 g/mol. The highest BCUT2D eigenvalue weighted by Gasteiger charge is 2.44. The molecule has 1 heterocycles. The molecule has 0 bridgehead atoms. The number of benzene rings is 1. The van der Waals surface area contributed by atoms with Crippen LogP contribution in [-0.4, -0.2) is 51.3 Å². The molecule has 0 spiro atoms. The van der Waals surface area contributed by atoms with Crippen LogP contribution in [0.5, 0.6) is 0 Å². The summed E-state index contributed by atoms with van der Waals surface area (Å²) in [7, 11) is 3.49. The first-order chi connectivity index (χ1) is 11.0. The van der Waals surface area contributed by atoms with Gasteiger partial charge in [0.15, 0.2) is 0 Å². The van der Waals surface area contributed by atoms with E-state index in [1.54, 1.807) is 24.1 Å². The fraction of sp³-hybridized carbons (Fsp3) is 0.588. The van der Waals surface area contributed by atoms with Crippen LogP contribution >= 0.6 is 23.2 Å². The number of likely N-dealkylation sites (N-methyl/N-ethyl adjacent to an activating group) is 1. The maximum Gasteiger partial charge on any atom is 0.233 e. The first kappa shape index (κ1) is 18.5. The summed E-state index contributed by atoms with van der Waals surface area (Å²) in [6, 6.07) is 5.36. The van der Waals surface area contributed by atoms with Gasteiger partial charge in [-0.15, -0.1) is 0 Å². The van der Waals surface area contributed by atoms with Crippen LogP contribution < -0.4 is 0 Å². The molecule has 4 nitrogen and oxygen atoms in total. The van der Waals surface area contributed by atoms with Crippen molar-refractivity contribution in [2.45, 2.75) is 24.7 Å². The highest BCUT2D eigenvalue weighted by atomic mass is 35.5. The van der Waals surface area contributed by atoms with E-state index in [4.69, 9.17) is 32.7 Å². The molecular weight excluding hydrogens is 337 g/mol. The van der Waals surface area contributed by atoms with Crippen molar-refractivity contribution in [3.05, 3.63) is 33.8 Å². The predicted molar refractivity (Wildman–Crippen MR) is 92.3 cm³/mol. The fourth-order valence-corrected chi connectivity index (χ4v) is 3.70. The van der Waals surface area contributed by atoms with Crippen molar-refractivity contribution in [1.82, 2.24) is 4.90 Å². The molecule has 0 atom stereocenters. The van der Waals surface area contributed by atoms with Gasteiger partial charge in [-0.25, -0.2) is 0 Å². The zero-order valence-corrected chi connectivity index (χ0v) is 15.1. The van der Waals surface area contributed by atoms with Crippen LogP contribution in [0.1, 0.15) is 24.8 Å². The summed E-state index contributed by atoms with van der Waals surface area (Å²) < 4.78 is 10.5. The Bertz CT molecular complexity index is 545. The lowest BCUT2D eigenvalue weighted by molar-refractivity contribution is -0.140. The zero-order valence-electron chi connectivity index (χ0n) is 13.6. The van der Waals surface area contributed by atoms with Crippen molar-refractivity contribution in [2.24, 2.45) is 0 Å². The summed E-state index contributed by atoms with van der Waals surface area (Å²) >= 11 is 12.4. The van der Waals surface area contributed by atoms with Crippen molar-refractivity contribution >= 4 is 29.1 Å². The summed E-state index contributed by atoms with van der Waals surface area (Å²) in [5, 5.41) is 1.11. The lowest BCUT2D eigenvalue weighted by Crippen LogP contribution is -2.49. The molecule has 0 unspecified atom stereocenters. The van der Waals surface area contributed by atoms with Crippen molar-refractivity contribution < 1.29 is 14.3 Å². The Morgan fingerprint density at radius 1 is 1.35 bits per heavy atom. The average molecular weight is 360 g/mol. The molecule has 128 valence electrons. The van der Waals surface area contributed by atoms with Crippen molar-refractivity contribution in [3.8, 4) is 0 Å². The molecule has 0 aromatic heterocycles. The number of hydrogen-bond donors (Lipinski definition) is 0. The minimum Gasteiger partial charge on any atom is -0.385 e. The van der Waals surface area contributed by atoms with Gasteiger partial charge in [0.05, 0.1) is 5.41 Å². The number of nitrogens with zero attached hydrogens (tertiary/aromatic N) is 1. The SMILES string of the molecule is COCCCN(C)C(=O)C1(c2ccc(Cl)cc2Cl)CCOCC1. The number of ether oxygens (including phenoxy) is 2. The summed E-state index contributed by atoms with van der Waals surface area (Å²) in [5.41, 5.74) is 0.206. The van der Waals surface area contributed by atoms with E-state index >= 15 is 0 Å². The molecule has 23 heavy (non-hydrogen) atoms. The van der Waals surface area contributed by atoms with Gasteiger partial charge in [0, 0.05) is 50.6 Å². The number of carbonyl (C=O) groups excluding carboxylic acids is 1. The smallest absolute Gasteiger partial charge is 0.233 e. The van der Waals surface area contributed by atoms with Gasteiger partial charge in [0.25, 0.3) is 0 Å². The number of methoxy groups -OCH3 is 1. The van der Waals surface area contributed by atoms with Crippen LogP contribution in [0.3, 0.4) is 0 Å². The van der Waals surface area contributed by atoms with Crippen molar-refractivity contribution in [3.63, 3.8) is 0 Å². The van der Waals surface area contributed by atoms with Crippen LogP contribution in [0.2, 0.25) is 10.0 Å². The fourth-order valence-electron chi connectivity index (χ4n) is 3.11. The largest absolute Gasteiger partial charge is 0.385 e. The second-order valence-corrected chi connectivity index (χ2v) is 6.74. The molecule has 0 aliphatic carbocycles. The minimum absolute atomic E-state index is 0.0844. The van der Waals surface area contributed by atoms with Gasteiger partial charge < -0.3 is 14.4 Å². The van der Waals surface area contributed by atoms with Crippen LogP contribution in [-0.2, 0) is 19.7 Å². The first-order valence-corrected chi connectivity index (χ1v) is 8.54. The molecule has 0 radical (unpaired) electrons. The number of halogens is 2. The molecular formula is C17H23Cl2NO3. The summed E-state index contributed by atoms with van der Waals surface area (Å²) in [5.74, 6) is 0.0844. The third-order valence-electron chi connectivity index (χ3n) is 4.39. The molecule has 1 aromatic carbocycles. The van der Waals surface area contributed by atoms with Gasteiger partial charge in [-0.05, 0) is 37.0 Å². The summed E-state index contributed by atoms with van der Waals surface area (Å²) in [6.45, 7) is 2.39. The van der Waals surface area contributed by atoms with E-state index in [0.29, 0.717) is 49.3 Å². The second kappa shape index (κ2) is 8.34. The Morgan fingerprint density at radius 2 is 2.04 bits per heavy atom. The second-order valence-electron chi connectivity index (χ2n) is 5.89. The first-order valence-electron chi connectivity index (χ1n) is 7.79. The Balaban J connectivity index is 2.29. The van der Waals surface area contributed by atoms with Crippen LogP contribution in [0, 0.1) is 0 Å². The highest BCUT2D eigenvalue weighted by molar-refractivity contribution is 6.35. The normalized spacial score (nSPS) is 17.0. The molecule has 1 aromatic rings. The quantitative estimate of drug-likeness (QED) is 0.729. The Kier molecular flexibility index (Phi) is 6.72. The Hall–Kier alpha value is -0.810. The third kappa shape index (κ3) is 4.18. The number of carbonyl (C=O) groups is 1. The van der Waals surface area contributed by atoms with Gasteiger partial charge in [-0.2, -0.15) is 0 Å². The molecule has 2 rings (SSSR count). The number of amides is 1. The topological polar surface area (TPSA) is 38.8 Å². The summed E-state index contributed by atoms with van der Waals surface area (Å²) in [4.78, 5) is 15.0. The third-order valence-corrected chi connectivity index (χ3v) is 4.94. The maximum absolute atomic E-state index is 13.2. The van der Waals surface area contributed by atoms with Crippen LogP contribution in [0.15, 0.2) is 18.2 Å². The number of hydrogen-bond acceptors (Lipinski definition) is 3. The molecule has 0 saturated carbocycles.